The summed E-state index contributed by atoms with van der Waals surface area (Å²) in [6.07, 6.45) is 1.20. The van der Waals surface area contributed by atoms with E-state index in [1.54, 1.807) is 0 Å². The van der Waals surface area contributed by atoms with E-state index in [1.807, 2.05) is 11.3 Å². The van der Waals surface area contributed by atoms with Crippen LogP contribution in [0.5, 0.6) is 0 Å². The maximum absolute atomic E-state index is 3.47. The zero-order valence-electron chi connectivity index (χ0n) is 8.05. The van der Waals surface area contributed by atoms with E-state index in [0.29, 0.717) is 6.04 Å². The van der Waals surface area contributed by atoms with E-state index in [4.69, 9.17) is 0 Å². The Hall–Kier alpha value is -0.340. The third kappa shape index (κ3) is 2.61. The molecule has 0 saturated heterocycles. The Morgan fingerprint density at radius 2 is 2.33 bits per heavy atom. The molecule has 68 valence electrons. The van der Waals surface area contributed by atoms with Crippen molar-refractivity contribution >= 4 is 11.3 Å². The fraction of sp³-hybridized carbons (Fsp3) is 0.600. The smallest absolute Gasteiger partial charge is 0.0300 e. The van der Waals surface area contributed by atoms with E-state index < -0.39 is 0 Å². The van der Waals surface area contributed by atoms with Crippen molar-refractivity contribution in [2.45, 2.75) is 33.2 Å². The molecule has 12 heavy (non-hydrogen) atoms. The summed E-state index contributed by atoms with van der Waals surface area (Å²) in [5.74, 6) is 0. The molecule has 0 aliphatic carbocycles. The molecule has 1 aromatic rings. The van der Waals surface area contributed by atoms with Crippen LogP contribution < -0.4 is 5.32 Å². The van der Waals surface area contributed by atoms with Gasteiger partial charge in [0.25, 0.3) is 0 Å². The molecule has 1 heterocycles. The highest BCUT2D eigenvalue weighted by Crippen LogP contribution is 2.19. The number of hydrogen-bond acceptors (Lipinski definition) is 2. The SMILES string of the molecule is CCCNC(C)c1csc(C)c1. The molecule has 0 fully saturated rings. The molecule has 0 amide bonds. The summed E-state index contributed by atoms with van der Waals surface area (Å²) in [5, 5.41) is 5.71. The molecule has 2 heteroatoms. The van der Waals surface area contributed by atoms with Gasteiger partial charge in [-0.25, -0.2) is 0 Å². The van der Waals surface area contributed by atoms with Crippen molar-refractivity contribution in [3.8, 4) is 0 Å². The van der Waals surface area contributed by atoms with Crippen LogP contribution in [0.1, 0.15) is 36.8 Å². The fourth-order valence-corrected chi connectivity index (χ4v) is 1.97. The number of hydrogen-bond donors (Lipinski definition) is 1. The van der Waals surface area contributed by atoms with Crippen molar-refractivity contribution in [2.24, 2.45) is 0 Å². The predicted octanol–water partition coefficient (Wildman–Crippen LogP) is 3.12. The Labute approximate surface area is 78.8 Å². The van der Waals surface area contributed by atoms with Crippen LogP contribution in [-0.4, -0.2) is 6.54 Å². The van der Waals surface area contributed by atoms with E-state index in [2.05, 4.69) is 37.5 Å². The summed E-state index contributed by atoms with van der Waals surface area (Å²) in [6, 6.07) is 2.77. The Balaban J connectivity index is 2.47. The second-order valence-corrected chi connectivity index (χ2v) is 4.28. The lowest BCUT2D eigenvalue weighted by Crippen LogP contribution is -2.18. The van der Waals surface area contributed by atoms with Crippen LogP contribution in [0.15, 0.2) is 11.4 Å². The Bertz CT molecular complexity index is 229. The highest BCUT2D eigenvalue weighted by molar-refractivity contribution is 7.10. The van der Waals surface area contributed by atoms with Gasteiger partial charge in [0, 0.05) is 10.9 Å². The molecule has 0 aromatic carbocycles. The van der Waals surface area contributed by atoms with Crippen molar-refractivity contribution < 1.29 is 0 Å². The Morgan fingerprint density at radius 3 is 2.83 bits per heavy atom. The molecular formula is C10H17NS. The molecule has 1 rings (SSSR count). The van der Waals surface area contributed by atoms with Gasteiger partial charge in [0.2, 0.25) is 0 Å². The normalized spacial score (nSPS) is 13.2. The lowest BCUT2D eigenvalue weighted by atomic mass is 10.1. The van der Waals surface area contributed by atoms with Gasteiger partial charge in [0.05, 0.1) is 0 Å². The van der Waals surface area contributed by atoms with Crippen LogP contribution in [0.3, 0.4) is 0 Å². The Morgan fingerprint density at radius 1 is 1.58 bits per heavy atom. The maximum atomic E-state index is 3.47. The first-order chi connectivity index (χ1) is 5.74. The van der Waals surface area contributed by atoms with Gasteiger partial charge in [-0.1, -0.05) is 6.92 Å². The van der Waals surface area contributed by atoms with E-state index in [0.717, 1.165) is 6.54 Å². The second-order valence-electron chi connectivity index (χ2n) is 3.17. The van der Waals surface area contributed by atoms with Gasteiger partial charge < -0.3 is 5.32 Å². The quantitative estimate of drug-likeness (QED) is 0.756. The standard InChI is InChI=1S/C10H17NS/c1-4-5-11-9(3)10-6-8(2)12-7-10/h6-7,9,11H,4-5H2,1-3H3. The van der Waals surface area contributed by atoms with Gasteiger partial charge in [0.15, 0.2) is 0 Å². The van der Waals surface area contributed by atoms with E-state index in [9.17, 15) is 0 Å². The molecule has 0 aliphatic rings. The molecular weight excluding hydrogens is 166 g/mol. The molecule has 1 N–H and O–H groups in total. The molecule has 1 atom stereocenters. The van der Waals surface area contributed by atoms with Crippen molar-refractivity contribution in [3.63, 3.8) is 0 Å². The van der Waals surface area contributed by atoms with E-state index in [-0.39, 0.29) is 0 Å². The van der Waals surface area contributed by atoms with Crippen LogP contribution in [-0.2, 0) is 0 Å². The van der Waals surface area contributed by atoms with Crippen LogP contribution >= 0.6 is 11.3 Å². The molecule has 0 bridgehead atoms. The van der Waals surface area contributed by atoms with Gasteiger partial charge in [-0.05, 0) is 43.8 Å². The van der Waals surface area contributed by atoms with Gasteiger partial charge in [0.1, 0.15) is 0 Å². The van der Waals surface area contributed by atoms with E-state index in [1.165, 1.54) is 16.9 Å². The van der Waals surface area contributed by atoms with Crippen molar-refractivity contribution in [3.05, 3.63) is 21.9 Å². The summed E-state index contributed by atoms with van der Waals surface area (Å²) >= 11 is 1.83. The van der Waals surface area contributed by atoms with Gasteiger partial charge in [-0.2, -0.15) is 0 Å². The first-order valence-electron chi connectivity index (χ1n) is 4.52. The van der Waals surface area contributed by atoms with Crippen LogP contribution in [0.2, 0.25) is 0 Å². The van der Waals surface area contributed by atoms with Crippen LogP contribution in [0.25, 0.3) is 0 Å². The summed E-state index contributed by atoms with van der Waals surface area (Å²) in [5.41, 5.74) is 1.42. The molecule has 1 nitrogen and oxygen atoms in total. The lowest BCUT2D eigenvalue weighted by molar-refractivity contribution is 0.572. The molecule has 0 saturated carbocycles. The zero-order chi connectivity index (χ0) is 8.97. The minimum atomic E-state index is 0.509. The largest absolute Gasteiger partial charge is 0.310 e. The first-order valence-corrected chi connectivity index (χ1v) is 5.40. The minimum absolute atomic E-state index is 0.509. The number of nitrogens with one attached hydrogen (secondary N) is 1. The van der Waals surface area contributed by atoms with Crippen molar-refractivity contribution in [1.82, 2.24) is 5.32 Å². The third-order valence-corrected chi connectivity index (χ3v) is 2.83. The summed E-state index contributed by atoms with van der Waals surface area (Å²) in [7, 11) is 0. The fourth-order valence-electron chi connectivity index (χ4n) is 1.17. The number of rotatable bonds is 4. The predicted molar refractivity (Wildman–Crippen MR) is 55.8 cm³/mol. The van der Waals surface area contributed by atoms with E-state index >= 15 is 0 Å². The monoisotopic (exact) mass is 183 g/mol. The summed E-state index contributed by atoms with van der Waals surface area (Å²) < 4.78 is 0. The lowest BCUT2D eigenvalue weighted by Gasteiger charge is -2.10. The minimum Gasteiger partial charge on any atom is -0.310 e. The molecule has 1 aromatic heterocycles. The van der Waals surface area contributed by atoms with Gasteiger partial charge in [-0.3, -0.25) is 0 Å². The second kappa shape index (κ2) is 4.63. The number of thiophene rings is 1. The zero-order valence-corrected chi connectivity index (χ0v) is 8.87. The third-order valence-electron chi connectivity index (χ3n) is 1.95. The Kier molecular flexibility index (Phi) is 3.76. The van der Waals surface area contributed by atoms with Crippen molar-refractivity contribution in [1.29, 1.82) is 0 Å². The summed E-state index contributed by atoms with van der Waals surface area (Å²) in [6.45, 7) is 7.67. The topological polar surface area (TPSA) is 12.0 Å². The molecule has 0 aliphatic heterocycles. The number of aryl methyl sites for hydroxylation is 1. The molecule has 1 unspecified atom stereocenters. The van der Waals surface area contributed by atoms with Gasteiger partial charge >= 0.3 is 0 Å². The van der Waals surface area contributed by atoms with Gasteiger partial charge in [-0.15, -0.1) is 11.3 Å². The van der Waals surface area contributed by atoms with Crippen molar-refractivity contribution in [2.75, 3.05) is 6.54 Å². The molecule has 0 radical (unpaired) electrons. The highest BCUT2D eigenvalue weighted by Gasteiger charge is 2.04. The highest BCUT2D eigenvalue weighted by atomic mass is 32.1. The average Bonchev–Trinajstić information content (AvgIpc) is 2.47. The first kappa shape index (κ1) is 9.75. The summed E-state index contributed by atoms with van der Waals surface area (Å²) in [4.78, 5) is 1.40. The van der Waals surface area contributed by atoms with Crippen LogP contribution in [0.4, 0.5) is 0 Å². The average molecular weight is 183 g/mol. The maximum Gasteiger partial charge on any atom is 0.0300 e. The molecule has 0 spiro atoms. The van der Waals surface area contributed by atoms with Crippen LogP contribution in [0, 0.1) is 6.92 Å².